The van der Waals surface area contributed by atoms with Crippen LogP contribution in [0, 0.1) is 11.9 Å². The molecule has 0 amide bonds. The third-order valence-corrected chi connectivity index (χ3v) is 1.08. The summed E-state index contributed by atoms with van der Waals surface area (Å²) in [5, 5.41) is 0. The SMILES string of the molecule is Fc1c[c-]ccc1C(F)F.[Cl-].[Cl-].[Li+].[Mg+2]. The molecule has 0 heterocycles. The summed E-state index contributed by atoms with van der Waals surface area (Å²) in [4.78, 5) is 0. The number of rotatable bonds is 1. The molecule has 1 aromatic rings. The van der Waals surface area contributed by atoms with E-state index in [2.05, 4.69) is 6.07 Å². The first-order valence-electron chi connectivity index (χ1n) is 2.65. The maximum Gasteiger partial charge on any atom is 2.00 e. The predicted octanol–water partition coefficient (Wildman–Crippen LogP) is -6.81. The van der Waals surface area contributed by atoms with Crippen LogP contribution in [0.2, 0.25) is 0 Å². The molecule has 0 aliphatic heterocycles. The average molecular weight is 247 g/mol. The second-order valence-corrected chi connectivity index (χ2v) is 1.75. The van der Waals surface area contributed by atoms with Crippen LogP contribution < -0.4 is 43.7 Å². The second kappa shape index (κ2) is 12.0. The Morgan fingerprint density at radius 3 is 2.00 bits per heavy atom. The standard InChI is InChI=1S/C7H4F3.2ClH.Li.Mg/c8-6-4-2-1-3-5(6)7(9)10;;;;/h1,3-4,7H;2*1H;;/q-1;;;+1;+2/p-2. The van der Waals surface area contributed by atoms with Gasteiger partial charge in [0, 0.05) is 5.82 Å². The molecule has 70 valence electrons. The molecule has 0 saturated heterocycles. The monoisotopic (exact) mass is 246 g/mol. The molecule has 1 aromatic carbocycles. The molecule has 0 aliphatic carbocycles. The van der Waals surface area contributed by atoms with E-state index in [1.54, 1.807) is 0 Å². The first-order chi connectivity index (χ1) is 4.72. The van der Waals surface area contributed by atoms with Crippen LogP contribution in [-0.4, -0.2) is 23.1 Å². The Morgan fingerprint density at radius 2 is 1.71 bits per heavy atom. The Bertz CT molecular complexity index is 238. The fourth-order valence-corrected chi connectivity index (χ4v) is 0.599. The minimum absolute atomic E-state index is 0. The Kier molecular flexibility index (Phi) is 20.8. The van der Waals surface area contributed by atoms with Gasteiger partial charge in [-0.05, 0) is 0 Å². The van der Waals surface area contributed by atoms with Crippen LogP contribution in [0.3, 0.4) is 0 Å². The number of halogens is 5. The second-order valence-electron chi connectivity index (χ2n) is 1.75. The quantitative estimate of drug-likeness (QED) is 0.342. The summed E-state index contributed by atoms with van der Waals surface area (Å²) in [6.45, 7) is 0. The van der Waals surface area contributed by atoms with E-state index in [9.17, 15) is 13.2 Å². The van der Waals surface area contributed by atoms with Crippen LogP contribution in [0.5, 0.6) is 0 Å². The van der Waals surface area contributed by atoms with Crippen molar-refractivity contribution < 1.29 is 56.8 Å². The topological polar surface area (TPSA) is 0 Å². The summed E-state index contributed by atoms with van der Waals surface area (Å²) in [7, 11) is 0. The van der Waals surface area contributed by atoms with Gasteiger partial charge < -0.3 is 24.8 Å². The first kappa shape index (κ1) is 24.3. The van der Waals surface area contributed by atoms with E-state index in [0.29, 0.717) is 0 Å². The summed E-state index contributed by atoms with van der Waals surface area (Å²) in [5.74, 6) is -0.905. The van der Waals surface area contributed by atoms with Crippen molar-refractivity contribution in [2.75, 3.05) is 0 Å². The molecule has 0 unspecified atom stereocenters. The van der Waals surface area contributed by atoms with Crippen molar-refractivity contribution >= 4 is 23.1 Å². The molecule has 0 radical (unpaired) electrons. The van der Waals surface area contributed by atoms with Crippen molar-refractivity contribution in [3.05, 3.63) is 35.6 Å². The van der Waals surface area contributed by atoms with E-state index in [1.807, 2.05) is 0 Å². The maximum absolute atomic E-state index is 12.3. The van der Waals surface area contributed by atoms with E-state index in [4.69, 9.17) is 0 Å². The Hall–Kier alpha value is 0.954. The molecule has 1 rings (SSSR count). The summed E-state index contributed by atoms with van der Waals surface area (Å²) in [5.41, 5.74) is -0.571. The van der Waals surface area contributed by atoms with E-state index in [0.717, 1.165) is 12.1 Å². The number of hydrogen-bond acceptors (Lipinski definition) is 0. The van der Waals surface area contributed by atoms with Crippen LogP contribution in [0.15, 0.2) is 18.2 Å². The van der Waals surface area contributed by atoms with Gasteiger partial charge in [0.05, 0.1) is 0 Å². The predicted molar refractivity (Wildman–Crippen MR) is 35.9 cm³/mol. The fraction of sp³-hybridized carbons (Fsp3) is 0.143. The largest absolute Gasteiger partial charge is 2.00 e. The Morgan fingerprint density at radius 1 is 1.21 bits per heavy atom. The molecule has 0 spiro atoms. The van der Waals surface area contributed by atoms with Gasteiger partial charge in [0.25, 0.3) is 0 Å². The molecule has 0 nitrogen and oxygen atoms in total. The van der Waals surface area contributed by atoms with Gasteiger partial charge in [-0.1, -0.05) is 5.56 Å². The fourth-order valence-electron chi connectivity index (χ4n) is 0.599. The number of hydrogen-bond donors (Lipinski definition) is 0. The third-order valence-electron chi connectivity index (χ3n) is 1.08. The Labute approximate surface area is 121 Å². The van der Waals surface area contributed by atoms with E-state index in [1.165, 1.54) is 6.07 Å². The summed E-state index contributed by atoms with van der Waals surface area (Å²) >= 11 is 0. The molecule has 0 atom stereocenters. The summed E-state index contributed by atoms with van der Waals surface area (Å²) < 4.78 is 35.9. The summed E-state index contributed by atoms with van der Waals surface area (Å²) in [6, 6.07) is 5.51. The molecule has 14 heavy (non-hydrogen) atoms. The van der Waals surface area contributed by atoms with Gasteiger partial charge >= 0.3 is 41.9 Å². The van der Waals surface area contributed by atoms with Crippen LogP contribution >= 0.6 is 0 Å². The zero-order chi connectivity index (χ0) is 7.56. The van der Waals surface area contributed by atoms with Gasteiger partial charge in [0.2, 0.25) is 6.43 Å². The van der Waals surface area contributed by atoms with Gasteiger partial charge in [-0.3, -0.25) is 4.39 Å². The van der Waals surface area contributed by atoms with Crippen molar-refractivity contribution in [3.8, 4) is 0 Å². The smallest absolute Gasteiger partial charge is 1.00 e. The molecular formula is C7H4Cl2F3LiMg. The zero-order valence-corrected chi connectivity index (χ0v) is 10.3. The van der Waals surface area contributed by atoms with Gasteiger partial charge in [-0.15, -0.1) is 6.07 Å². The number of benzene rings is 1. The van der Waals surface area contributed by atoms with E-state index in [-0.39, 0.29) is 66.7 Å². The molecule has 0 saturated carbocycles. The van der Waals surface area contributed by atoms with Crippen LogP contribution in [0.1, 0.15) is 12.0 Å². The maximum atomic E-state index is 12.3. The molecule has 0 bridgehead atoms. The molecule has 0 aromatic heterocycles. The molecule has 0 aliphatic rings. The van der Waals surface area contributed by atoms with E-state index < -0.39 is 17.8 Å². The van der Waals surface area contributed by atoms with Crippen molar-refractivity contribution in [3.63, 3.8) is 0 Å². The van der Waals surface area contributed by atoms with Crippen molar-refractivity contribution in [1.29, 1.82) is 0 Å². The normalized spacial score (nSPS) is 7.43. The molecule has 7 heteroatoms. The Balaban J connectivity index is -0.000000125. The van der Waals surface area contributed by atoms with Crippen LogP contribution in [0.25, 0.3) is 0 Å². The van der Waals surface area contributed by atoms with Gasteiger partial charge in [0.1, 0.15) is 0 Å². The van der Waals surface area contributed by atoms with Crippen LogP contribution in [0.4, 0.5) is 13.2 Å². The average Bonchev–Trinajstić information content (AvgIpc) is 1.88. The summed E-state index contributed by atoms with van der Waals surface area (Å²) in [6.07, 6.45) is -2.74. The molecule has 0 N–H and O–H groups in total. The third kappa shape index (κ3) is 7.27. The van der Waals surface area contributed by atoms with Crippen molar-refractivity contribution in [2.24, 2.45) is 0 Å². The zero-order valence-electron chi connectivity index (χ0n) is 7.41. The van der Waals surface area contributed by atoms with Crippen molar-refractivity contribution in [1.82, 2.24) is 0 Å². The van der Waals surface area contributed by atoms with Gasteiger partial charge in [0.15, 0.2) is 0 Å². The minimum atomic E-state index is -2.74. The van der Waals surface area contributed by atoms with Gasteiger partial charge in [-0.25, -0.2) is 8.78 Å². The first-order valence-corrected chi connectivity index (χ1v) is 2.65. The van der Waals surface area contributed by atoms with Crippen molar-refractivity contribution in [2.45, 2.75) is 6.43 Å². The molecular weight excluding hydrogens is 243 g/mol. The molecule has 0 fully saturated rings. The van der Waals surface area contributed by atoms with E-state index >= 15 is 0 Å². The van der Waals surface area contributed by atoms with Crippen LogP contribution in [-0.2, 0) is 0 Å². The minimum Gasteiger partial charge on any atom is -1.00 e. The van der Waals surface area contributed by atoms with Gasteiger partial charge in [-0.2, -0.15) is 18.2 Å². The number of alkyl halides is 2.